The molecule has 0 aliphatic carbocycles. The average Bonchev–Trinajstić information content (AvgIpc) is 2.81. The summed E-state index contributed by atoms with van der Waals surface area (Å²) in [5.41, 5.74) is 3.18. The lowest BCUT2D eigenvalue weighted by Gasteiger charge is -2.31. The van der Waals surface area contributed by atoms with Gasteiger partial charge in [0.05, 0.1) is 5.69 Å². The van der Waals surface area contributed by atoms with Crippen LogP contribution in [0, 0.1) is 5.92 Å². The SMILES string of the molecule is CC(=O)Nc1ccc(NC(=O)C2CCN(c3ccc(-c4ccc(Cl)cc4)nn3)CC2)cc1. The second-order valence-electron chi connectivity index (χ2n) is 7.79. The Kier molecular flexibility index (Phi) is 6.66. The van der Waals surface area contributed by atoms with E-state index in [1.807, 2.05) is 36.4 Å². The van der Waals surface area contributed by atoms with Gasteiger partial charge in [-0.05, 0) is 61.4 Å². The summed E-state index contributed by atoms with van der Waals surface area (Å²) in [7, 11) is 0. The summed E-state index contributed by atoms with van der Waals surface area (Å²) >= 11 is 5.94. The standard InChI is InChI=1S/C24H24ClN5O2/c1-16(31)26-20-6-8-21(9-7-20)27-24(32)18-12-14-30(15-13-18)23-11-10-22(28-29-23)17-2-4-19(25)5-3-17/h2-11,18H,12-15H2,1H3,(H,26,31)(H,27,32). The van der Waals surface area contributed by atoms with Crippen LogP contribution in [-0.4, -0.2) is 35.1 Å². The lowest BCUT2D eigenvalue weighted by Crippen LogP contribution is -2.38. The van der Waals surface area contributed by atoms with Crippen LogP contribution in [0.15, 0.2) is 60.7 Å². The van der Waals surface area contributed by atoms with Gasteiger partial charge in [-0.2, -0.15) is 0 Å². The zero-order valence-electron chi connectivity index (χ0n) is 17.7. The lowest BCUT2D eigenvalue weighted by molar-refractivity contribution is -0.120. The number of nitrogens with one attached hydrogen (secondary N) is 2. The van der Waals surface area contributed by atoms with E-state index in [0.717, 1.165) is 48.7 Å². The van der Waals surface area contributed by atoms with Crippen LogP contribution in [0.25, 0.3) is 11.3 Å². The number of halogens is 1. The van der Waals surface area contributed by atoms with E-state index >= 15 is 0 Å². The van der Waals surface area contributed by atoms with Gasteiger partial charge in [0.25, 0.3) is 0 Å². The molecule has 1 aliphatic rings. The number of piperidine rings is 1. The molecular formula is C24H24ClN5O2. The Balaban J connectivity index is 1.30. The zero-order valence-corrected chi connectivity index (χ0v) is 18.5. The van der Waals surface area contributed by atoms with E-state index < -0.39 is 0 Å². The Bertz CT molecular complexity index is 1080. The Morgan fingerprint density at radius 1 is 0.875 bits per heavy atom. The number of rotatable bonds is 5. The number of aromatic nitrogens is 2. The van der Waals surface area contributed by atoms with Gasteiger partial charge in [0, 0.05) is 47.9 Å². The fourth-order valence-corrected chi connectivity index (χ4v) is 3.85. The number of anilines is 3. The van der Waals surface area contributed by atoms with Crippen LogP contribution in [0.3, 0.4) is 0 Å². The number of nitrogens with zero attached hydrogens (tertiary/aromatic N) is 3. The van der Waals surface area contributed by atoms with Crippen molar-refractivity contribution in [2.24, 2.45) is 5.92 Å². The average molecular weight is 450 g/mol. The van der Waals surface area contributed by atoms with Crippen molar-refractivity contribution in [1.82, 2.24) is 10.2 Å². The van der Waals surface area contributed by atoms with Crippen LogP contribution in [0.4, 0.5) is 17.2 Å². The van der Waals surface area contributed by atoms with Gasteiger partial charge < -0.3 is 15.5 Å². The maximum atomic E-state index is 12.7. The first kappa shape index (κ1) is 21.8. The minimum Gasteiger partial charge on any atom is -0.355 e. The minimum atomic E-state index is -0.127. The Morgan fingerprint density at radius 3 is 2.06 bits per heavy atom. The molecule has 2 aromatic carbocycles. The monoisotopic (exact) mass is 449 g/mol. The van der Waals surface area contributed by atoms with Crippen LogP contribution < -0.4 is 15.5 Å². The topological polar surface area (TPSA) is 87.2 Å². The zero-order chi connectivity index (χ0) is 22.5. The summed E-state index contributed by atoms with van der Waals surface area (Å²) in [5.74, 6) is 0.650. The molecule has 3 aromatic rings. The summed E-state index contributed by atoms with van der Waals surface area (Å²) in [6.07, 6.45) is 1.49. The highest BCUT2D eigenvalue weighted by Crippen LogP contribution is 2.25. The predicted molar refractivity (Wildman–Crippen MR) is 127 cm³/mol. The molecule has 164 valence electrons. The second-order valence-corrected chi connectivity index (χ2v) is 8.23. The first-order valence-corrected chi connectivity index (χ1v) is 10.9. The molecule has 2 heterocycles. The quantitative estimate of drug-likeness (QED) is 0.593. The van der Waals surface area contributed by atoms with Crippen molar-refractivity contribution in [3.05, 3.63) is 65.7 Å². The highest BCUT2D eigenvalue weighted by atomic mass is 35.5. The molecule has 32 heavy (non-hydrogen) atoms. The summed E-state index contributed by atoms with van der Waals surface area (Å²) < 4.78 is 0. The van der Waals surface area contributed by atoms with Crippen molar-refractivity contribution in [1.29, 1.82) is 0 Å². The molecule has 7 nitrogen and oxygen atoms in total. The molecule has 0 spiro atoms. The van der Waals surface area contributed by atoms with E-state index in [4.69, 9.17) is 11.6 Å². The summed E-state index contributed by atoms with van der Waals surface area (Å²) in [6, 6.07) is 18.5. The molecule has 1 aliphatic heterocycles. The molecule has 2 amide bonds. The number of hydrogen-bond donors (Lipinski definition) is 2. The molecule has 0 radical (unpaired) electrons. The van der Waals surface area contributed by atoms with Crippen molar-refractivity contribution >= 4 is 40.6 Å². The van der Waals surface area contributed by atoms with Gasteiger partial charge >= 0.3 is 0 Å². The molecule has 1 aromatic heterocycles. The van der Waals surface area contributed by atoms with Crippen molar-refractivity contribution in [3.8, 4) is 11.3 Å². The van der Waals surface area contributed by atoms with Crippen molar-refractivity contribution < 1.29 is 9.59 Å². The Hall–Kier alpha value is -3.45. The van der Waals surface area contributed by atoms with Crippen LogP contribution in [0.2, 0.25) is 5.02 Å². The number of hydrogen-bond acceptors (Lipinski definition) is 5. The van der Waals surface area contributed by atoms with Crippen LogP contribution in [0.5, 0.6) is 0 Å². The van der Waals surface area contributed by atoms with Crippen LogP contribution in [-0.2, 0) is 9.59 Å². The normalized spacial score (nSPS) is 14.1. The minimum absolute atomic E-state index is 0.0149. The van der Waals surface area contributed by atoms with E-state index in [2.05, 4.69) is 25.7 Å². The molecule has 4 rings (SSSR count). The number of benzene rings is 2. The van der Waals surface area contributed by atoms with Crippen molar-refractivity contribution in [2.45, 2.75) is 19.8 Å². The molecule has 0 bridgehead atoms. The summed E-state index contributed by atoms with van der Waals surface area (Å²) in [4.78, 5) is 25.9. The summed E-state index contributed by atoms with van der Waals surface area (Å²) in [6.45, 7) is 2.95. The molecule has 0 unspecified atom stereocenters. The molecule has 2 N–H and O–H groups in total. The van der Waals surface area contributed by atoms with E-state index in [-0.39, 0.29) is 17.7 Å². The second kappa shape index (κ2) is 9.78. The van der Waals surface area contributed by atoms with E-state index in [9.17, 15) is 9.59 Å². The van der Waals surface area contributed by atoms with Gasteiger partial charge in [0.15, 0.2) is 5.82 Å². The maximum Gasteiger partial charge on any atom is 0.227 e. The Morgan fingerprint density at radius 2 is 1.50 bits per heavy atom. The number of carbonyl (C=O) groups excluding carboxylic acids is 2. The van der Waals surface area contributed by atoms with Gasteiger partial charge in [-0.25, -0.2) is 0 Å². The third kappa shape index (κ3) is 5.42. The van der Waals surface area contributed by atoms with Crippen molar-refractivity contribution in [3.63, 3.8) is 0 Å². The lowest BCUT2D eigenvalue weighted by atomic mass is 9.95. The van der Waals surface area contributed by atoms with Gasteiger partial charge in [-0.3, -0.25) is 9.59 Å². The van der Waals surface area contributed by atoms with Gasteiger partial charge in [-0.15, -0.1) is 10.2 Å². The fourth-order valence-electron chi connectivity index (χ4n) is 3.72. The van der Waals surface area contributed by atoms with Crippen molar-refractivity contribution in [2.75, 3.05) is 28.6 Å². The van der Waals surface area contributed by atoms with E-state index in [0.29, 0.717) is 10.7 Å². The third-order valence-electron chi connectivity index (χ3n) is 5.45. The molecule has 1 saturated heterocycles. The Labute approximate surface area is 191 Å². The highest BCUT2D eigenvalue weighted by Gasteiger charge is 2.26. The molecule has 1 fully saturated rings. The van der Waals surface area contributed by atoms with E-state index in [1.165, 1.54) is 6.92 Å². The number of amides is 2. The van der Waals surface area contributed by atoms with Gasteiger partial charge in [-0.1, -0.05) is 23.7 Å². The molecule has 8 heteroatoms. The van der Waals surface area contributed by atoms with Gasteiger partial charge in [0.2, 0.25) is 11.8 Å². The predicted octanol–water partition coefficient (Wildman–Crippen LogP) is 4.61. The fraction of sp³-hybridized carbons (Fsp3) is 0.250. The first-order chi connectivity index (χ1) is 15.5. The molecule has 0 saturated carbocycles. The third-order valence-corrected chi connectivity index (χ3v) is 5.70. The van der Waals surface area contributed by atoms with Crippen LogP contribution >= 0.6 is 11.6 Å². The van der Waals surface area contributed by atoms with Crippen LogP contribution in [0.1, 0.15) is 19.8 Å². The number of carbonyl (C=O) groups is 2. The molecular weight excluding hydrogens is 426 g/mol. The maximum absolute atomic E-state index is 12.7. The molecule has 0 atom stereocenters. The summed E-state index contributed by atoms with van der Waals surface area (Å²) in [5, 5.41) is 15.1. The van der Waals surface area contributed by atoms with E-state index in [1.54, 1.807) is 24.3 Å². The highest BCUT2D eigenvalue weighted by molar-refractivity contribution is 6.30. The van der Waals surface area contributed by atoms with Gasteiger partial charge in [0.1, 0.15) is 0 Å². The smallest absolute Gasteiger partial charge is 0.227 e. The first-order valence-electron chi connectivity index (χ1n) is 10.5. The largest absolute Gasteiger partial charge is 0.355 e.